The van der Waals surface area contributed by atoms with Gasteiger partial charge in [0.15, 0.2) is 0 Å². The van der Waals surface area contributed by atoms with Gasteiger partial charge in [0.2, 0.25) is 5.28 Å². The summed E-state index contributed by atoms with van der Waals surface area (Å²) in [5.74, 6) is -0.456. The van der Waals surface area contributed by atoms with Gasteiger partial charge < -0.3 is 0 Å². The highest BCUT2D eigenvalue weighted by molar-refractivity contribution is 6.31. The summed E-state index contributed by atoms with van der Waals surface area (Å²) in [6.45, 7) is 1.81. The minimum absolute atomic E-state index is 0.0601. The van der Waals surface area contributed by atoms with Gasteiger partial charge >= 0.3 is 0 Å². The highest BCUT2D eigenvalue weighted by Gasteiger charge is 2.06. The molecule has 1 aromatic heterocycles. The van der Waals surface area contributed by atoms with Crippen LogP contribution in [0.15, 0.2) is 24.3 Å². The summed E-state index contributed by atoms with van der Waals surface area (Å²) in [5, 5.41) is 0.223. The predicted molar refractivity (Wildman–Crippen MR) is 62.2 cm³/mol. The van der Waals surface area contributed by atoms with Crippen LogP contribution in [-0.2, 0) is 0 Å². The van der Waals surface area contributed by atoms with Crippen LogP contribution in [0.2, 0.25) is 10.3 Å². The zero-order chi connectivity index (χ0) is 11.7. The number of halogens is 3. The number of hydrogen-bond donors (Lipinski definition) is 0. The smallest absolute Gasteiger partial charge is 0.223 e. The number of aromatic nitrogens is 2. The molecule has 0 aliphatic heterocycles. The molecule has 0 N–H and O–H groups in total. The molecule has 0 saturated heterocycles. The lowest BCUT2D eigenvalue weighted by Crippen LogP contribution is -1.91. The lowest BCUT2D eigenvalue weighted by atomic mass is 10.1. The summed E-state index contributed by atoms with van der Waals surface area (Å²) in [6.07, 6.45) is 0. The average Bonchev–Trinajstić information content (AvgIpc) is 2.20. The van der Waals surface area contributed by atoms with E-state index < -0.39 is 5.82 Å². The monoisotopic (exact) mass is 256 g/mol. The SMILES string of the molecule is Cc1cc(-c2ccc(F)c(Cl)c2)nc(Cl)n1. The Morgan fingerprint density at radius 2 is 1.88 bits per heavy atom. The summed E-state index contributed by atoms with van der Waals surface area (Å²) in [5.41, 5.74) is 2.08. The van der Waals surface area contributed by atoms with Crippen molar-refractivity contribution in [2.75, 3.05) is 0 Å². The van der Waals surface area contributed by atoms with Crippen LogP contribution < -0.4 is 0 Å². The van der Waals surface area contributed by atoms with E-state index in [0.717, 1.165) is 5.69 Å². The van der Waals surface area contributed by atoms with E-state index in [1.54, 1.807) is 12.1 Å². The molecule has 16 heavy (non-hydrogen) atoms. The van der Waals surface area contributed by atoms with Crippen molar-refractivity contribution in [3.63, 3.8) is 0 Å². The van der Waals surface area contributed by atoms with E-state index in [0.29, 0.717) is 11.3 Å². The van der Waals surface area contributed by atoms with Crippen LogP contribution in [0.3, 0.4) is 0 Å². The normalized spacial score (nSPS) is 10.5. The first-order valence-electron chi connectivity index (χ1n) is 4.53. The van der Waals surface area contributed by atoms with Gasteiger partial charge in [-0.15, -0.1) is 0 Å². The number of aryl methyl sites for hydroxylation is 1. The maximum Gasteiger partial charge on any atom is 0.223 e. The molecule has 0 unspecified atom stereocenters. The van der Waals surface area contributed by atoms with Crippen molar-refractivity contribution in [3.05, 3.63) is 46.1 Å². The van der Waals surface area contributed by atoms with Gasteiger partial charge in [0.1, 0.15) is 5.82 Å². The standard InChI is InChI=1S/C11H7Cl2FN2/c1-6-4-10(16-11(13)15-6)7-2-3-9(14)8(12)5-7/h2-5H,1H3. The second-order valence-corrected chi connectivity index (χ2v) is 4.04. The highest BCUT2D eigenvalue weighted by Crippen LogP contribution is 2.24. The van der Waals surface area contributed by atoms with Gasteiger partial charge in [-0.1, -0.05) is 11.6 Å². The second-order valence-electron chi connectivity index (χ2n) is 3.29. The van der Waals surface area contributed by atoms with E-state index in [4.69, 9.17) is 23.2 Å². The van der Waals surface area contributed by atoms with Gasteiger partial charge in [-0.2, -0.15) is 0 Å². The maximum absolute atomic E-state index is 13.0. The first kappa shape index (κ1) is 11.3. The molecular formula is C11H7Cl2FN2. The van der Waals surface area contributed by atoms with Crippen LogP contribution >= 0.6 is 23.2 Å². The first-order chi connectivity index (χ1) is 7.56. The van der Waals surface area contributed by atoms with Gasteiger partial charge in [0, 0.05) is 11.3 Å². The summed E-state index contributed by atoms with van der Waals surface area (Å²) in [4.78, 5) is 8.00. The van der Waals surface area contributed by atoms with E-state index in [2.05, 4.69) is 9.97 Å². The Morgan fingerprint density at radius 3 is 2.50 bits per heavy atom. The highest BCUT2D eigenvalue weighted by atomic mass is 35.5. The topological polar surface area (TPSA) is 25.8 Å². The molecule has 0 spiro atoms. The molecule has 82 valence electrons. The van der Waals surface area contributed by atoms with Crippen LogP contribution in [0.4, 0.5) is 4.39 Å². The Kier molecular flexibility index (Phi) is 3.08. The van der Waals surface area contributed by atoms with Crippen LogP contribution in [0.5, 0.6) is 0 Å². The van der Waals surface area contributed by atoms with Crippen molar-refractivity contribution in [1.82, 2.24) is 9.97 Å². The van der Waals surface area contributed by atoms with Crippen molar-refractivity contribution >= 4 is 23.2 Å². The summed E-state index contributed by atoms with van der Waals surface area (Å²) >= 11 is 11.4. The molecule has 0 saturated carbocycles. The molecule has 1 aromatic carbocycles. The van der Waals surface area contributed by atoms with Crippen LogP contribution in [0.25, 0.3) is 11.3 Å². The Balaban J connectivity index is 2.54. The van der Waals surface area contributed by atoms with E-state index in [1.165, 1.54) is 12.1 Å². The summed E-state index contributed by atoms with van der Waals surface area (Å²) < 4.78 is 13.0. The molecule has 2 aromatic rings. The van der Waals surface area contributed by atoms with Crippen molar-refractivity contribution in [3.8, 4) is 11.3 Å². The van der Waals surface area contributed by atoms with Crippen molar-refractivity contribution in [2.24, 2.45) is 0 Å². The van der Waals surface area contributed by atoms with Crippen LogP contribution in [0.1, 0.15) is 5.69 Å². The van der Waals surface area contributed by atoms with E-state index in [-0.39, 0.29) is 10.3 Å². The predicted octanol–water partition coefficient (Wildman–Crippen LogP) is 3.90. The minimum atomic E-state index is -0.456. The summed E-state index contributed by atoms with van der Waals surface area (Å²) in [7, 11) is 0. The Hall–Kier alpha value is -1.19. The number of benzene rings is 1. The molecule has 0 aliphatic rings. The number of nitrogens with zero attached hydrogens (tertiary/aromatic N) is 2. The molecule has 0 aliphatic carbocycles. The quantitative estimate of drug-likeness (QED) is 0.724. The third kappa shape index (κ3) is 2.31. The van der Waals surface area contributed by atoms with Crippen molar-refractivity contribution in [1.29, 1.82) is 0 Å². The van der Waals surface area contributed by atoms with Gasteiger partial charge in [-0.05, 0) is 42.8 Å². The lowest BCUT2D eigenvalue weighted by Gasteiger charge is -2.03. The van der Waals surface area contributed by atoms with Crippen LogP contribution in [-0.4, -0.2) is 9.97 Å². The van der Waals surface area contributed by atoms with Gasteiger partial charge in [-0.3, -0.25) is 0 Å². The van der Waals surface area contributed by atoms with Crippen molar-refractivity contribution < 1.29 is 4.39 Å². The third-order valence-electron chi connectivity index (χ3n) is 2.04. The molecule has 0 fully saturated rings. The van der Waals surface area contributed by atoms with Gasteiger partial charge in [-0.25, -0.2) is 14.4 Å². The molecule has 0 atom stereocenters. The van der Waals surface area contributed by atoms with Crippen molar-refractivity contribution in [2.45, 2.75) is 6.92 Å². The maximum atomic E-state index is 13.0. The molecule has 0 amide bonds. The average molecular weight is 257 g/mol. The number of hydrogen-bond acceptors (Lipinski definition) is 2. The fraction of sp³-hybridized carbons (Fsp3) is 0.0909. The van der Waals surface area contributed by atoms with E-state index >= 15 is 0 Å². The van der Waals surface area contributed by atoms with Gasteiger partial charge in [0.05, 0.1) is 10.7 Å². The fourth-order valence-corrected chi connectivity index (χ4v) is 1.74. The Bertz CT molecular complexity index is 523. The largest absolute Gasteiger partial charge is 0.223 e. The Morgan fingerprint density at radius 1 is 1.12 bits per heavy atom. The second kappa shape index (κ2) is 4.36. The molecule has 1 heterocycles. The zero-order valence-corrected chi connectivity index (χ0v) is 9.85. The van der Waals surface area contributed by atoms with Gasteiger partial charge in [0.25, 0.3) is 0 Å². The summed E-state index contributed by atoms with van der Waals surface area (Å²) in [6, 6.07) is 6.16. The third-order valence-corrected chi connectivity index (χ3v) is 2.50. The Labute approximate surface area is 102 Å². The van der Waals surface area contributed by atoms with E-state index in [9.17, 15) is 4.39 Å². The zero-order valence-electron chi connectivity index (χ0n) is 8.34. The van der Waals surface area contributed by atoms with Crippen LogP contribution in [0, 0.1) is 12.7 Å². The lowest BCUT2D eigenvalue weighted by molar-refractivity contribution is 0.628. The van der Waals surface area contributed by atoms with E-state index in [1.807, 2.05) is 6.92 Å². The molecule has 5 heteroatoms. The number of rotatable bonds is 1. The first-order valence-corrected chi connectivity index (χ1v) is 5.28. The molecule has 0 bridgehead atoms. The molecular weight excluding hydrogens is 250 g/mol. The molecule has 0 radical (unpaired) electrons. The molecule has 2 nitrogen and oxygen atoms in total. The molecule has 2 rings (SSSR count). The fourth-order valence-electron chi connectivity index (χ4n) is 1.34. The minimum Gasteiger partial charge on any atom is -0.223 e.